The minimum absolute atomic E-state index is 0.0538. The largest absolute Gasteiger partial charge is 0.486 e. The molecule has 20 heavy (non-hydrogen) atoms. The van der Waals surface area contributed by atoms with Gasteiger partial charge in [-0.1, -0.05) is 15.9 Å². The van der Waals surface area contributed by atoms with Crippen molar-refractivity contribution >= 4 is 27.6 Å². The van der Waals surface area contributed by atoms with Crippen molar-refractivity contribution < 1.29 is 19.2 Å². The highest BCUT2D eigenvalue weighted by Crippen LogP contribution is 2.41. The van der Waals surface area contributed by atoms with E-state index in [1.807, 2.05) is 0 Å². The molecule has 1 fully saturated rings. The molecule has 0 amide bonds. The van der Waals surface area contributed by atoms with E-state index in [0.717, 1.165) is 19.3 Å². The van der Waals surface area contributed by atoms with Crippen LogP contribution in [0.4, 0.5) is 5.69 Å². The highest BCUT2D eigenvalue weighted by Gasteiger charge is 2.42. The summed E-state index contributed by atoms with van der Waals surface area (Å²) >= 11 is 3.22. The number of carbonyl (C=O) groups is 1. The molecule has 6 nitrogen and oxygen atoms in total. The van der Waals surface area contributed by atoms with Gasteiger partial charge in [0.25, 0.3) is 5.69 Å². The third kappa shape index (κ3) is 3.27. The highest BCUT2D eigenvalue weighted by atomic mass is 79.9. The Labute approximate surface area is 124 Å². The van der Waals surface area contributed by atoms with E-state index in [1.165, 1.54) is 19.2 Å². The SMILES string of the molecule is COC(=O)CC1(Oc2cc(Br)cc([N+](=O)[O-])c2)CCC1. The molecule has 0 heterocycles. The van der Waals surface area contributed by atoms with E-state index in [-0.39, 0.29) is 18.1 Å². The molecule has 1 aliphatic rings. The van der Waals surface area contributed by atoms with Crippen molar-refractivity contribution in [2.45, 2.75) is 31.3 Å². The minimum atomic E-state index is -0.595. The number of non-ortho nitro benzene ring substituents is 1. The fraction of sp³-hybridized carbons (Fsp3) is 0.462. The number of benzene rings is 1. The van der Waals surface area contributed by atoms with E-state index in [1.54, 1.807) is 6.07 Å². The topological polar surface area (TPSA) is 78.7 Å². The molecule has 1 aromatic carbocycles. The molecule has 1 aliphatic carbocycles. The first-order chi connectivity index (χ1) is 9.44. The summed E-state index contributed by atoms with van der Waals surface area (Å²) in [6.07, 6.45) is 2.60. The van der Waals surface area contributed by atoms with Crippen LogP contribution in [0.5, 0.6) is 5.75 Å². The van der Waals surface area contributed by atoms with Gasteiger partial charge in [0.05, 0.1) is 24.5 Å². The number of nitro groups is 1. The summed E-state index contributed by atoms with van der Waals surface area (Å²) in [4.78, 5) is 21.8. The second-order valence-electron chi connectivity index (χ2n) is 4.79. The lowest BCUT2D eigenvalue weighted by molar-refractivity contribution is -0.385. The van der Waals surface area contributed by atoms with E-state index in [9.17, 15) is 14.9 Å². The van der Waals surface area contributed by atoms with Gasteiger partial charge in [0, 0.05) is 10.5 Å². The molecule has 2 rings (SSSR count). The predicted molar refractivity (Wildman–Crippen MR) is 74.6 cm³/mol. The lowest BCUT2D eigenvalue weighted by atomic mass is 9.77. The molecule has 0 N–H and O–H groups in total. The van der Waals surface area contributed by atoms with Gasteiger partial charge in [-0.05, 0) is 25.3 Å². The third-order valence-electron chi connectivity index (χ3n) is 3.36. The zero-order valence-corrected chi connectivity index (χ0v) is 12.5. The van der Waals surface area contributed by atoms with Gasteiger partial charge in [-0.3, -0.25) is 14.9 Å². The van der Waals surface area contributed by atoms with Crippen molar-refractivity contribution in [2.24, 2.45) is 0 Å². The van der Waals surface area contributed by atoms with Crippen LogP contribution in [0.25, 0.3) is 0 Å². The summed E-state index contributed by atoms with van der Waals surface area (Å²) in [5.41, 5.74) is -0.649. The second-order valence-corrected chi connectivity index (χ2v) is 5.71. The van der Waals surface area contributed by atoms with Crippen LogP contribution in [-0.2, 0) is 9.53 Å². The zero-order valence-electron chi connectivity index (χ0n) is 10.9. The van der Waals surface area contributed by atoms with E-state index in [4.69, 9.17) is 4.74 Å². The Morgan fingerprint density at radius 1 is 1.45 bits per heavy atom. The molecule has 1 aromatic rings. The molecule has 0 bridgehead atoms. The average Bonchev–Trinajstić information content (AvgIpc) is 2.35. The van der Waals surface area contributed by atoms with E-state index < -0.39 is 10.5 Å². The molecule has 0 unspecified atom stereocenters. The number of esters is 1. The van der Waals surface area contributed by atoms with Crippen LogP contribution in [0.2, 0.25) is 0 Å². The van der Waals surface area contributed by atoms with Crippen LogP contribution < -0.4 is 4.74 Å². The number of halogens is 1. The summed E-state index contributed by atoms with van der Waals surface area (Å²) in [5, 5.41) is 10.8. The van der Waals surface area contributed by atoms with Crippen LogP contribution in [0.1, 0.15) is 25.7 Å². The molecule has 7 heteroatoms. The molecule has 0 atom stereocenters. The van der Waals surface area contributed by atoms with Crippen LogP contribution in [0.15, 0.2) is 22.7 Å². The molecule has 0 aromatic heterocycles. The smallest absolute Gasteiger partial charge is 0.309 e. The number of carbonyl (C=O) groups excluding carboxylic acids is 1. The highest BCUT2D eigenvalue weighted by molar-refractivity contribution is 9.10. The fourth-order valence-electron chi connectivity index (χ4n) is 2.18. The standard InChI is InChI=1S/C13H14BrNO5/c1-19-12(16)8-13(3-2-4-13)20-11-6-9(14)5-10(7-11)15(17)18/h5-7H,2-4,8H2,1H3. The first kappa shape index (κ1) is 14.8. The van der Waals surface area contributed by atoms with Crippen molar-refractivity contribution in [1.29, 1.82) is 0 Å². The number of nitro benzene ring substituents is 1. The lowest BCUT2D eigenvalue weighted by Crippen LogP contribution is -2.45. The number of ether oxygens (including phenoxy) is 2. The van der Waals surface area contributed by atoms with Gasteiger partial charge in [0.1, 0.15) is 11.4 Å². The molecule has 0 aliphatic heterocycles. The molecular formula is C13H14BrNO5. The maximum atomic E-state index is 11.4. The lowest BCUT2D eigenvalue weighted by Gasteiger charge is -2.41. The molecule has 108 valence electrons. The normalized spacial score (nSPS) is 16.1. The number of rotatable bonds is 5. The monoisotopic (exact) mass is 343 g/mol. The Balaban J connectivity index is 2.19. The third-order valence-corrected chi connectivity index (χ3v) is 3.82. The zero-order chi connectivity index (χ0) is 14.8. The maximum Gasteiger partial charge on any atom is 0.309 e. The number of nitrogens with zero attached hydrogens (tertiary/aromatic N) is 1. The summed E-state index contributed by atoms with van der Waals surface area (Å²) in [6.45, 7) is 0. The van der Waals surface area contributed by atoms with Gasteiger partial charge in [0.2, 0.25) is 0 Å². The Morgan fingerprint density at radius 3 is 2.65 bits per heavy atom. The quantitative estimate of drug-likeness (QED) is 0.466. The first-order valence-electron chi connectivity index (χ1n) is 6.15. The van der Waals surface area contributed by atoms with Gasteiger partial charge < -0.3 is 9.47 Å². The maximum absolute atomic E-state index is 11.4. The fourth-order valence-corrected chi connectivity index (χ4v) is 2.64. The molecule has 1 saturated carbocycles. The molecule has 0 saturated heterocycles. The van der Waals surface area contributed by atoms with Crippen molar-refractivity contribution in [2.75, 3.05) is 7.11 Å². The van der Waals surface area contributed by atoms with Crippen LogP contribution in [0, 0.1) is 10.1 Å². The molecule has 0 radical (unpaired) electrons. The summed E-state index contributed by atoms with van der Waals surface area (Å²) < 4.78 is 11.1. The van der Waals surface area contributed by atoms with Crippen LogP contribution in [0.3, 0.4) is 0 Å². The van der Waals surface area contributed by atoms with Gasteiger partial charge in [0.15, 0.2) is 0 Å². The average molecular weight is 344 g/mol. The van der Waals surface area contributed by atoms with Gasteiger partial charge in [-0.15, -0.1) is 0 Å². The van der Waals surface area contributed by atoms with Crippen molar-refractivity contribution in [3.05, 3.63) is 32.8 Å². The Hall–Kier alpha value is -1.63. The Morgan fingerprint density at radius 2 is 2.15 bits per heavy atom. The van der Waals surface area contributed by atoms with Crippen molar-refractivity contribution in [1.82, 2.24) is 0 Å². The van der Waals surface area contributed by atoms with Crippen molar-refractivity contribution in [3.8, 4) is 5.75 Å². The first-order valence-corrected chi connectivity index (χ1v) is 6.94. The summed E-state index contributed by atoms with van der Waals surface area (Å²) in [7, 11) is 1.33. The van der Waals surface area contributed by atoms with E-state index >= 15 is 0 Å². The summed E-state index contributed by atoms with van der Waals surface area (Å²) in [6, 6.07) is 4.42. The predicted octanol–water partition coefficient (Wildman–Crippen LogP) is 3.22. The van der Waals surface area contributed by atoms with E-state index in [0.29, 0.717) is 10.2 Å². The van der Waals surface area contributed by atoms with Crippen molar-refractivity contribution in [3.63, 3.8) is 0 Å². The Kier molecular flexibility index (Phi) is 4.27. The number of hydrogen-bond acceptors (Lipinski definition) is 5. The van der Waals surface area contributed by atoms with Crippen LogP contribution in [-0.4, -0.2) is 23.6 Å². The minimum Gasteiger partial charge on any atom is -0.486 e. The number of hydrogen-bond donors (Lipinski definition) is 0. The van der Waals surface area contributed by atoms with Gasteiger partial charge in [-0.2, -0.15) is 0 Å². The van der Waals surface area contributed by atoms with E-state index in [2.05, 4.69) is 20.7 Å². The van der Waals surface area contributed by atoms with Crippen LogP contribution >= 0.6 is 15.9 Å². The van der Waals surface area contributed by atoms with Gasteiger partial charge >= 0.3 is 5.97 Å². The summed E-state index contributed by atoms with van der Waals surface area (Å²) in [5.74, 6) is 0.0453. The van der Waals surface area contributed by atoms with Gasteiger partial charge in [-0.25, -0.2) is 0 Å². The second kappa shape index (κ2) is 5.78. The number of methoxy groups -OCH3 is 1. The molecular weight excluding hydrogens is 330 g/mol. The Bertz CT molecular complexity index is 542. The molecule has 0 spiro atoms.